The van der Waals surface area contributed by atoms with Gasteiger partial charge in [0, 0.05) is 6.42 Å². The second-order valence-electron chi connectivity index (χ2n) is 17.6. The number of rotatable bonds is 37. The molecule has 2 rings (SSSR count). The fourth-order valence-corrected chi connectivity index (χ4v) is 8.30. The lowest BCUT2D eigenvalue weighted by Gasteiger charge is -2.46. The lowest BCUT2D eigenvalue weighted by molar-refractivity contribution is -0.359. The van der Waals surface area contributed by atoms with Crippen LogP contribution in [-0.2, 0) is 23.7 Å². The summed E-state index contributed by atoms with van der Waals surface area (Å²) < 4.78 is 22.6. The van der Waals surface area contributed by atoms with E-state index in [4.69, 9.17) is 18.9 Å². The van der Waals surface area contributed by atoms with Crippen molar-refractivity contribution in [3.8, 4) is 0 Å². The van der Waals surface area contributed by atoms with Gasteiger partial charge in [0.25, 0.3) is 0 Å². The van der Waals surface area contributed by atoms with Crippen LogP contribution in [0, 0.1) is 0 Å². The summed E-state index contributed by atoms with van der Waals surface area (Å²) in [7, 11) is 0. The molecule has 0 aromatic rings. The molecule has 2 saturated heterocycles. The monoisotopic (exact) mass is 864 g/mol. The second kappa shape index (κ2) is 34.4. The van der Waals surface area contributed by atoms with Gasteiger partial charge in [-0.05, 0) is 12.8 Å². The molecule has 0 bridgehead atoms. The molecule has 0 aromatic heterocycles. The number of amides is 1. The Morgan fingerprint density at radius 2 is 0.950 bits per heavy atom. The number of carbonyl (C=O) groups excluding carboxylic acids is 1. The summed E-state index contributed by atoms with van der Waals surface area (Å²) >= 11 is 0. The SMILES string of the molecule is CCCCCCCCCCCCCCCCCCCCCCC(O)C(COC1OC(CO)C(OC2OC(CO)C(O)C(O)C2O)C(O)C1O)NC(=O)CCCCCCCC. The number of nitrogens with one attached hydrogen (secondary N) is 1. The molecule has 0 aromatic carbocycles. The molecule has 2 fully saturated rings. The van der Waals surface area contributed by atoms with Gasteiger partial charge in [-0.15, -0.1) is 0 Å². The van der Waals surface area contributed by atoms with Crippen molar-refractivity contribution in [1.29, 1.82) is 0 Å². The minimum atomic E-state index is -1.78. The smallest absolute Gasteiger partial charge is 0.220 e. The third-order valence-electron chi connectivity index (χ3n) is 12.3. The molecule has 12 atom stereocenters. The first-order valence-corrected chi connectivity index (χ1v) is 24.3. The molecule has 0 radical (unpaired) electrons. The Bertz CT molecular complexity index is 1020. The van der Waals surface area contributed by atoms with Gasteiger partial charge >= 0.3 is 0 Å². The summed E-state index contributed by atoms with van der Waals surface area (Å²) in [5.41, 5.74) is 0. The molecule has 9 N–H and O–H groups in total. The largest absolute Gasteiger partial charge is 0.394 e. The molecule has 356 valence electrons. The van der Waals surface area contributed by atoms with Crippen molar-refractivity contribution in [2.45, 2.75) is 267 Å². The maximum Gasteiger partial charge on any atom is 0.220 e. The van der Waals surface area contributed by atoms with Gasteiger partial charge < -0.3 is 65.1 Å². The molecule has 2 aliphatic rings. The molecule has 12 unspecified atom stereocenters. The summed E-state index contributed by atoms with van der Waals surface area (Å²) in [6.07, 6.45) is 15.8. The minimum absolute atomic E-state index is 0.215. The van der Waals surface area contributed by atoms with Crippen molar-refractivity contribution in [2.75, 3.05) is 19.8 Å². The van der Waals surface area contributed by atoms with Crippen LogP contribution in [0.25, 0.3) is 0 Å². The summed E-state index contributed by atoms with van der Waals surface area (Å²) in [4.78, 5) is 13.0. The molecule has 14 heteroatoms. The quantitative estimate of drug-likeness (QED) is 0.0356. The number of hydrogen-bond donors (Lipinski definition) is 9. The normalized spacial score (nSPS) is 28.2. The average molecular weight is 864 g/mol. The Morgan fingerprint density at radius 1 is 0.533 bits per heavy atom. The summed E-state index contributed by atoms with van der Waals surface area (Å²) in [6.45, 7) is 2.78. The number of unbranched alkanes of at least 4 members (excludes halogenated alkanes) is 24. The lowest BCUT2D eigenvalue weighted by atomic mass is 9.97. The number of aliphatic hydroxyl groups excluding tert-OH is 8. The topological polar surface area (TPSA) is 228 Å². The first kappa shape index (κ1) is 55.1. The number of aliphatic hydroxyl groups is 8. The Hall–Kier alpha value is -1.01. The lowest BCUT2D eigenvalue weighted by Crippen LogP contribution is -2.65. The van der Waals surface area contributed by atoms with Crippen LogP contribution < -0.4 is 5.32 Å². The van der Waals surface area contributed by atoms with E-state index in [0.717, 1.165) is 57.8 Å². The van der Waals surface area contributed by atoms with Crippen LogP contribution in [0.1, 0.15) is 194 Å². The fourth-order valence-electron chi connectivity index (χ4n) is 8.30. The Labute approximate surface area is 362 Å². The summed E-state index contributed by atoms with van der Waals surface area (Å²) in [6, 6.07) is -0.818. The third-order valence-corrected chi connectivity index (χ3v) is 12.3. The number of ether oxygens (including phenoxy) is 4. The zero-order valence-corrected chi connectivity index (χ0v) is 37.5. The van der Waals surface area contributed by atoms with Crippen molar-refractivity contribution in [1.82, 2.24) is 5.32 Å². The van der Waals surface area contributed by atoms with Crippen LogP contribution in [-0.4, -0.2) is 140 Å². The zero-order valence-electron chi connectivity index (χ0n) is 37.5. The van der Waals surface area contributed by atoms with Gasteiger partial charge in [0.2, 0.25) is 5.91 Å². The predicted molar refractivity (Wildman–Crippen MR) is 231 cm³/mol. The van der Waals surface area contributed by atoms with Crippen molar-refractivity contribution >= 4 is 5.91 Å². The van der Waals surface area contributed by atoms with Crippen LogP contribution >= 0.6 is 0 Å². The highest BCUT2D eigenvalue weighted by molar-refractivity contribution is 5.76. The molecule has 60 heavy (non-hydrogen) atoms. The molecule has 0 spiro atoms. The van der Waals surface area contributed by atoms with E-state index in [-0.39, 0.29) is 12.5 Å². The maximum absolute atomic E-state index is 13.0. The van der Waals surface area contributed by atoms with Crippen LogP contribution in [0.5, 0.6) is 0 Å². The van der Waals surface area contributed by atoms with Gasteiger partial charge in [0.1, 0.15) is 48.8 Å². The first-order valence-electron chi connectivity index (χ1n) is 24.3. The van der Waals surface area contributed by atoms with Gasteiger partial charge in [-0.1, -0.05) is 174 Å². The van der Waals surface area contributed by atoms with Crippen LogP contribution in [0.15, 0.2) is 0 Å². The second-order valence-corrected chi connectivity index (χ2v) is 17.6. The zero-order chi connectivity index (χ0) is 44.0. The maximum atomic E-state index is 13.0. The average Bonchev–Trinajstić information content (AvgIpc) is 3.24. The van der Waals surface area contributed by atoms with Crippen LogP contribution in [0.2, 0.25) is 0 Å². The van der Waals surface area contributed by atoms with Crippen molar-refractivity contribution in [3.05, 3.63) is 0 Å². The molecule has 2 heterocycles. The standard InChI is InChI=1S/C46H89NO13/c1-3-5-7-9-11-12-13-14-15-16-17-18-19-20-21-22-23-24-25-27-29-35(50)34(47-38(51)30-28-26-10-8-6-4-2)33-57-45-43(56)41(54)44(37(32-49)59-45)60-46-42(55)40(53)39(52)36(31-48)58-46/h34-37,39-46,48-50,52-56H,3-33H2,1-2H3,(H,47,51). The predicted octanol–water partition coefficient (Wildman–Crippen LogP) is 5.44. The van der Waals surface area contributed by atoms with Gasteiger partial charge in [-0.3, -0.25) is 4.79 Å². The van der Waals surface area contributed by atoms with E-state index >= 15 is 0 Å². The van der Waals surface area contributed by atoms with Gasteiger partial charge in [-0.25, -0.2) is 0 Å². The number of carbonyl (C=O) groups is 1. The molecule has 0 saturated carbocycles. The highest BCUT2D eigenvalue weighted by Crippen LogP contribution is 2.30. The van der Waals surface area contributed by atoms with E-state index in [1.165, 1.54) is 109 Å². The number of hydrogen-bond acceptors (Lipinski definition) is 13. The van der Waals surface area contributed by atoms with E-state index in [1.807, 2.05) is 0 Å². The van der Waals surface area contributed by atoms with E-state index in [1.54, 1.807) is 0 Å². The van der Waals surface area contributed by atoms with Crippen molar-refractivity contribution in [2.24, 2.45) is 0 Å². The van der Waals surface area contributed by atoms with Crippen LogP contribution in [0.4, 0.5) is 0 Å². The first-order chi connectivity index (χ1) is 29.1. The summed E-state index contributed by atoms with van der Waals surface area (Å²) in [5.74, 6) is -0.215. The van der Waals surface area contributed by atoms with Crippen LogP contribution in [0.3, 0.4) is 0 Å². The van der Waals surface area contributed by atoms with E-state index < -0.39 is 86.8 Å². The van der Waals surface area contributed by atoms with Gasteiger partial charge in [0.05, 0.1) is 32.0 Å². The highest BCUT2D eigenvalue weighted by Gasteiger charge is 2.51. The fraction of sp³-hybridized carbons (Fsp3) is 0.978. The van der Waals surface area contributed by atoms with Gasteiger partial charge in [0.15, 0.2) is 12.6 Å². The third kappa shape index (κ3) is 22.1. The molecule has 14 nitrogen and oxygen atoms in total. The molecule has 1 amide bonds. The van der Waals surface area contributed by atoms with Crippen molar-refractivity contribution in [3.63, 3.8) is 0 Å². The molecular weight excluding hydrogens is 774 g/mol. The Balaban J connectivity index is 1.76. The Kier molecular flexibility index (Phi) is 31.6. The van der Waals surface area contributed by atoms with E-state index in [0.29, 0.717) is 12.8 Å². The van der Waals surface area contributed by atoms with Gasteiger partial charge in [-0.2, -0.15) is 0 Å². The highest BCUT2D eigenvalue weighted by atomic mass is 16.7. The molecule has 2 aliphatic heterocycles. The molecule has 0 aliphatic carbocycles. The molecular formula is C46H89NO13. The van der Waals surface area contributed by atoms with Crippen molar-refractivity contribution < 1.29 is 64.6 Å². The van der Waals surface area contributed by atoms with E-state index in [9.17, 15) is 45.6 Å². The summed E-state index contributed by atoms with van der Waals surface area (Å²) in [5, 5.41) is 86.5. The Morgan fingerprint density at radius 3 is 1.42 bits per heavy atom. The van der Waals surface area contributed by atoms with E-state index in [2.05, 4.69) is 19.2 Å². The minimum Gasteiger partial charge on any atom is -0.394 e.